The summed E-state index contributed by atoms with van der Waals surface area (Å²) < 4.78 is 7.73. The number of fused-ring (bicyclic) bond motifs is 3. The SMILES string of the molecule is Nc1ccc(C(=O)N2CC[C@@H]3OCc4cnnn4[C@@H]3C2)cn1. The zero-order valence-corrected chi connectivity index (χ0v) is 11.9. The van der Waals surface area contributed by atoms with Crippen molar-refractivity contribution < 1.29 is 9.53 Å². The molecule has 0 aliphatic carbocycles. The van der Waals surface area contributed by atoms with E-state index in [0.29, 0.717) is 31.1 Å². The van der Waals surface area contributed by atoms with Gasteiger partial charge < -0.3 is 15.4 Å². The fraction of sp³-hybridized carbons (Fsp3) is 0.429. The molecule has 1 amide bonds. The predicted octanol–water partition coefficient (Wildman–Crippen LogP) is 0.241. The number of rotatable bonds is 1. The Kier molecular flexibility index (Phi) is 3.04. The average Bonchev–Trinajstić information content (AvgIpc) is 3.03. The molecule has 22 heavy (non-hydrogen) atoms. The van der Waals surface area contributed by atoms with Gasteiger partial charge in [0.1, 0.15) is 5.82 Å². The third-order valence-electron chi connectivity index (χ3n) is 4.25. The first-order valence-corrected chi connectivity index (χ1v) is 7.24. The maximum absolute atomic E-state index is 12.6. The molecule has 4 rings (SSSR count). The first-order valence-electron chi connectivity index (χ1n) is 7.24. The van der Waals surface area contributed by atoms with Gasteiger partial charge in [-0.3, -0.25) is 4.79 Å². The minimum Gasteiger partial charge on any atom is -0.384 e. The van der Waals surface area contributed by atoms with Crippen LogP contribution in [0.1, 0.15) is 28.5 Å². The van der Waals surface area contributed by atoms with E-state index in [0.717, 1.165) is 12.1 Å². The zero-order chi connectivity index (χ0) is 15.1. The highest BCUT2D eigenvalue weighted by Gasteiger charge is 2.38. The highest BCUT2D eigenvalue weighted by Crippen LogP contribution is 2.30. The van der Waals surface area contributed by atoms with Crippen LogP contribution in [-0.4, -0.2) is 50.0 Å². The van der Waals surface area contributed by atoms with E-state index in [4.69, 9.17) is 10.5 Å². The van der Waals surface area contributed by atoms with Crippen LogP contribution in [-0.2, 0) is 11.3 Å². The van der Waals surface area contributed by atoms with Crippen molar-refractivity contribution in [3.8, 4) is 0 Å². The van der Waals surface area contributed by atoms with Gasteiger partial charge in [-0.25, -0.2) is 9.67 Å². The normalized spacial score (nSPS) is 23.7. The second kappa shape index (κ2) is 5.06. The number of hydrogen-bond acceptors (Lipinski definition) is 6. The summed E-state index contributed by atoms with van der Waals surface area (Å²) in [5.74, 6) is 0.362. The maximum Gasteiger partial charge on any atom is 0.255 e. The largest absolute Gasteiger partial charge is 0.384 e. The van der Waals surface area contributed by atoms with Gasteiger partial charge in [0.15, 0.2) is 0 Å². The number of pyridine rings is 1. The summed E-state index contributed by atoms with van der Waals surface area (Å²) in [6.45, 7) is 1.75. The van der Waals surface area contributed by atoms with Crippen molar-refractivity contribution in [3.05, 3.63) is 35.8 Å². The Labute approximate surface area is 126 Å². The summed E-state index contributed by atoms with van der Waals surface area (Å²) in [7, 11) is 0. The van der Waals surface area contributed by atoms with Crippen molar-refractivity contribution in [2.75, 3.05) is 18.8 Å². The van der Waals surface area contributed by atoms with Crippen molar-refractivity contribution in [2.45, 2.75) is 25.2 Å². The molecular weight excluding hydrogens is 284 g/mol. The van der Waals surface area contributed by atoms with Crippen LogP contribution in [0, 0.1) is 0 Å². The van der Waals surface area contributed by atoms with E-state index in [9.17, 15) is 4.79 Å². The number of nitrogens with two attached hydrogens (primary N) is 1. The molecule has 0 unspecified atom stereocenters. The van der Waals surface area contributed by atoms with E-state index in [-0.39, 0.29) is 18.1 Å². The van der Waals surface area contributed by atoms with Gasteiger partial charge >= 0.3 is 0 Å². The molecule has 1 saturated heterocycles. The molecule has 8 nitrogen and oxygen atoms in total. The molecule has 2 aromatic rings. The standard InChI is InChI=1S/C14H16N6O2/c15-13-2-1-9(5-16-13)14(21)19-4-3-12-11(7-19)20-10(8-22-12)6-17-18-20/h1-2,5-6,11-12H,3-4,7-8H2,(H2,15,16)/t11-,12+/m1/s1. The number of carbonyl (C=O) groups is 1. The lowest BCUT2D eigenvalue weighted by atomic mass is 10.00. The van der Waals surface area contributed by atoms with Crippen molar-refractivity contribution in [1.29, 1.82) is 0 Å². The minimum atomic E-state index is -0.0433. The molecular formula is C14H16N6O2. The quantitative estimate of drug-likeness (QED) is 0.810. The van der Waals surface area contributed by atoms with Crippen LogP contribution in [0.2, 0.25) is 0 Å². The Morgan fingerprint density at radius 3 is 3.09 bits per heavy atom. The average molecular weight is 300 g/mol. The van der Waals surface area contributed by atoms with E-state index in [1.807, 2.05) is 9.58 Å². The summed E-state index contributed by atoms with van der Waals surface area (Å²) in [5, 5.41) is 8.08. The lowest BCUT2D eigenvalue weighted by molar-refractivity contribution is -0.0605. The number of carbonyl (C=O) groups excluding carboxylic acids is 1. The minimum absolute atomic E-state index is 0.0192. The van der Waals surface area contributed by atoms with Gasteiger partial charge in [0.05, 0.1) is 36.2 Å². The number of likely N-dealkylation sites (tertiary alicyclic amines) is 1. The molecule has 0 saturated carbocycles. The van der Waals surface area contributed by atoms with Gasteiger partial charge in [-0.1, -0.05) is 5.21 Å². The van der Waals surface area contributed by atoms with Crippen LogP contribution < -0.4 is 5.73 Å². The second-order valence-corrected chi connectivity index (χ2v) is 5.60. The Morgan fingerprint density at radius 2 is 2.27 bits per heavy atom. The molecule has 2 aliphatic rings. The first kappa shape index (κ1) is 13.2. The van der Waals surface area contributed by atoms with Crippen LogP contribution in [0.4, 0.5) is 5.82 Å². The molecule has 0 spiro atoms. The highest BCUT2D eigenvalue weighted by atomic mass is 16.5. The molecule has 2 aliphatic heterocycles. The zero-order valence-electron chi connectivity index (χ0n) is 11.9. The van der Waals surface area contributed by atoms with Crippen molar-refractivity contribution in [2.24, 2.45) is 0 Å². The van der Waals surface area contributed by atoms with Crippen LogP contribution in [0.15, 0.2) is 24.5 Å². The lowest BCUT2D eigenvalue weighted by Gasteiger charge is -2.40. The van der Waals surface area contributed by atoms with Crippen LogP contribution in [0.3, 0.4) is 0 Å². The third kappa shape index (κ3) is 2.12. The number of aromatic nitrogens is 4. The number of amides is 1. The van der Waals surface area contributed by atoms with E-state index in [1.165, 1.54) is 6.20 Å². The summed E-state index contributed by atoms with van der Waals surface area (Å²) >= 11 is 0. The smallest absolute Gasteiger partial charge is 0.255 e. The number of piperidine rings is 1. The summed E-state index contributed by atoms with van der Waals surface area (Å²) in [4.78, 5) is 18.4. The van der Waals surface area contributed by atoms with Gasteiger partial charge in [-0.2, -0.15) is 0 Å². The number of anilines is 1. The van der Waals surface area contributed by atoms with E-state index >= 15 is 0 Å². The van der Waals surface area contributed by atoms with Gasteiger partial charge in [-0.15, -0.1) is 5.10 Å². The van der Waals surface area contributed by atoms with Crippen molar-refractivity contribution in [3.63, 3.8) is 0 Å². The van der Waals surface area contributed by atoms with E-state index in [1.54, 1.807) is 18.3 Å². The maximum atomic E-state index is 12.6. The number of nitrogen functional groups attached to an aromatic ring is 1. The third-order valence-corrected chi connectivity index (χ3v) is 4.25. The predicted molar refractivity (Wildman–Crippen MR) is 76.8 cm³/mol. The second-order valence-electron chi connectivity index (χ2n) is 5.60. The molecule has 2 aromatic heterocycles. The number of hydrogen-bond donors (Lipinski definition) is 1. The first-order chi connectivity index (χ1) is 10.7. The Bertz CT molecular complexity index is 698. The number of ether oxygens (including phenoxy) is 1. The fourth-order valence-corrected chi connectivity index (χ4v) is 3.08. The molecule has 8 heteroatoms. The van der Waals surface area contributed by atoms with E-state index < -0.39 is 0 Å². The Balaban J connectivity index is 1.56. The van der Waals surface area contributed by atoms with Crippen molar-refractivity contribution in [1.82, 2.24) is 24.9 Å². The molecule has 0 aromatic carbocycles. The van der Waals surface area contributed by atoms with Crippen molar-refractivity contribution >= 4 is 11.7 Å². The fourth-order valence-electron chi connectivity index (χ4n) is 3.08. The number of nitrogens with zero attached hydrogens (tertiary/aromatic N) is 5. The molecule has 2 N–H and O–H groups in total. The lowest BCUT2D eigenvalue weighted by Crippen LogP contribution is -2.49. The molecule has 0 bridgehead atoms. The van der Waals surface area contributed by atoms with Gasteiger partial charge in [0.25, 0.3) is 5.91 Å². The van der Waals surface area contributed by atoms with Gasteiger partial charge in [0.2, 0.25) is 0 Å². The summed E-state index contributed by atoms with van der Waals surface area (Å²) in [6, 6.07) is 3.36. The highest BCUT2D eigenvalue weighted by molar-refractivity contribution is 5.94. The molecule has 4 heterocycles. The summed E-state index contributed by atoms with van der Waals surface area (Å²) in [5.41, 5.74) is 7.06. The molecule has 0 radical (unpaired) electrons. The van der Waals surface area contributed by atoms with Crippen LogP contribution >= 0.6 is 0 Å². The van der Waals surface area contributed by atoms with Crippen LogP contribution in [0.25, 0.3) is 0 Å². The topological polar surface area (TPSA) is 99.2 Å². The summed E-state index contributed by atoms with van der Waals surface area (Å²) in [6.07, 6.45) is 4.10. The Morgan fingerprint density at radius 1 is 1.36 bits per heavy atom. The monoisotopic (exact) mass is 300 g/mol. The van der Waals surface area contributed by atoms with E-state index in [2.05, 4.69) is 15.3 Å². The van der Waals surface area contributed by atoms with Gasteiger partial charge in [-0.05, 0) is 18.6 Å². The molecule has 1 fully saturated rings. The molecule has 114 valence electrons. The molecule has 2 atom stereocenters. The Hall–Kier alpha value is -2.48. The van der Waals surface area contributed by atoms with Crippen LogP contribution in [0.5, 0.6) is 0 Å². The van der Waals surface area contributed by atoms with Gasteiger partial charge in [0, 0.05) is 19.3 Å².